The van der Waals surface area contributed by atoms with E-state index in [1.165, 1.54) is 39.3 Å². The maximum atomic E-state index is 11.6. The van der Waals surface area contributed by atoms with Gasteiger partial charge < -0.3 is 16.9 Å². The monoisotopic (exact) mass is 488 g/mol. The first-order chi connectivity index (χ1) is 16.4. The van der Waals surface area contributed by atoms with E-state index in [4.69, 9.17) is 0 Å². The fraction of sp³-hybridized carbons (Fsp3) is 0.200. The Hall–Kier alpha value is -3.47. The number of rotatable bonds is 8. The van der Waals surface area contributed by atoms with Crippen LogP contribution in [0.5, 0.6) is 0 Å². The van der Waals surface area contributed by atoms with Crippen LogP contribution in [0.1, 0.15) is 17.5 Å². The zero-order valence-corrected chi connectivity index (χ0v) is 21.2. The zero-order valence-electron chi connectivity index (χ0n) is 20.4. The van der Waals surface area contributed by atoms with Crippen molar-refractivity contribution in [1.82, 2.24) is 4.90 Å². The number of nitrogens with zero attached hydrogens (tertiary/aromatic N) is 2. The van der Waals surface area contributed by atoms with Gasteiger partial charge in [-0.2, -0.15) is 0 Å². The van der Waals surface area contributed by atoms with Crippen molar-refractivity contribution in [3.8, 4) is 11.1 Å². The molecule has 0 spiro atoms. The van der Waals surface area contributed by atoms with E-state index in [9.17, 15) is 9.59 Å². The first kappa shape index (κ1) is 27.8. The molecule has 3 aromatic rings. The lowest BCUT2D eigenvalue weighted by atomic mass is 10.0. The van der Waals surface area contributed by atoms with Crippen molar-refractivity contribution >= 4 is 17.9 Å². The van der Waals surface area contributed by atoms with E-state index in [2.05, 4.69) is 69.2 Å². The van der Waals surface area contributed by atoms with Crippen molar-refractivity contribution in [1.29, 1.82) is 0 Å². The van der Waals surface area contributed by atoms with E-state index < -0.39 is 0 Å². The third kappa shape index (κ3) is 8.67. The number of imide groups is 1. The van der Waals surface area contributed by atoms with E-state index in [1.54, 1.807) is 0 Å². The van der Waals surface area contributed by atoms with Gasteiger partial charge in [0, 0.05) is 30.7 Å². The number of hydrogen-bond donors (Lipinski definition) is 0. The highest BCUT2D eigenvalue weighted by molar-refractivity contribution is 6.12. The van der Waals surface area contributed by atoms with Crippen LogP contribution in [0.3, 0.4) is 0 Å². The molecule has 1 aliphatic heterocycles. The molecule has 5 heteroatoms. The van der Waals surface area contributed by atoms with Crippen LogP contribution in [0.25, 0.3) is 17.2 Å². The Morgan fingerprint density at radius 1 is 0.771 bits per heavy atom. The van der Waals surface area contributed by atoms with E-state index in [-0.39, 0.29) is 24.2 Å². The molecule has 3 aromatic carbocycles. The number of hydrogen-bond acceptors (Lipinski definition) is 2. The molecular weight excluding hydrogens is 456 g/mol. The van der Waals surface area contributed by atoms with Crippen LogP contribution in [0.4, 0.5) is 0 Å². The molecule has 0 aromatic heterocycles. The summed E-state index contributed by atoms with van der Waals surface area (Å²) in [5, 5.41) is 0. The quantitative estimate of drug-likeness (QED) is 0.361. The highest BCUT2D eigenvalue weighted by Crippen LogP contribution is 2.20. The van der Waals surface area contributed by atoms with Crippen molar-refractivity contribution in [3.63, 3.8) is 0 Å². The Balaban J connectivity index is 0.000000409. The predicted octanol–water partition coefficient (Wildman–Crippen LogP) is 2.58. The molecule has 1 aliphatic rings. The molecule has 0 unspecified atom stereocenters. The topological polar surface area (TPSA) is 37.4 Å². The van der Waals surface area contributed by atoms with Crippen LogP contribution >= 0.6 is 0 Å². The molecule has 0 aliphatic carbocycles. The number of amides is 2. The highest BCUT2D eigenvalue weighted by Gasteiger charge is 2.24. The lowest BCUT2D eigenvalue weighted by Gasteiger charge is -2.30. The summed E-state index contributed by atoms with van der Waals surface area (Å²) < 4.78 is 0.814. The first-order valence-corrected chi connectivity index (χ1v) is 11.6. The minimum Gasteiger partial charge on any atom is -1.00 e. The van der Waals surface area contributed by atoms with E-state index in [0.29, 0.717) is 6.54 Å². The maximum absolute atomic E-state index is 11.6. The average molecular weight is 489 g/mol. The van der Waals surface area contributed by atoms with Gasteiger partial charge in [-0.3, -0.25) is 14.5 Å². The van der Waals surface area contributed by atoms with Crippen molar-refractivity contribution in [3.05, 3.63) is 115 Å². The number of benzene rings is 3. The number of carbonyl (C=O) groups is 2. The average Bonchev–Trinajstić information content (AvgIpc) is 3.18. The number of quaternary nitrogens is 1. The Morgan fingerprint density at radius 3 is 1.80 bits per heavy atom. The third-order valence-corrected chi connectivity index (χ3v) is 5.75. The van der Waals surface area contributed by atoms with E-state index in [1.807, 2.05) is 42.5 Å². The van der Waals surface area contributed by atoms with Crippen LogP contribution in [-0.4, -0.2) is 48.4 Å². The molecule has 1 heterocycles. The zero-order chi connectivity index (χ0) is 24.4. The van der Waals surface area contributed by atoms with Gasteiger partial charge >= 0.3 is 0 Å². The first-order valence-electron chi connectivity index (χ1n) is 11.6. The summed E-state index contributed by atoms with van der Waals surface area (Å²) in [5.74, 6) is -0.395. The molecule has 0 saturated carbocycles. The molecule has 35 heavy (non-hydrogen) atoms. The standard InChI is InChI=1S/C22H25N2O2.C8H8.ClH/c1-24(2,16-6-15-23-21(25)13-14-22(23)26)17-18-9-11-20(12-10-18)19-7-4-3-5-8-19;1-2-8-6-4-3-5-7-8;/h3-5,7-14H,6,15-17H2,1-2H3;2-7H,1H2;1H/q+1;;/p-1. The van der Waals surface area contributed by atoms with Crippen molar-refractivity contribution in [2.75, 3.05) is 27.2 Å². The lowest BCUT2D eigenvalue weighted by molar-refractivity contribution is -0.903. The second kappa shape index (κ2) is 13.4. The van der Waals surface area contributed by atoms with Crippen molar-refractivity contribution in [2.45, 2.75) is 13.0 Å². The largest absolute Gasteiger partial charge is 1.00 e. The molecule has 0 radical (unpaired) electrons. The number of carbonyl (C=O) groups excluding carboxylic acids is 2. The van der Waals surface area contributed by atoms with Crippen LogP contribution in [-0.2, 0) is 16.1 Å². The Morgan fingerprint density at radius 2 is 1.29 bits per heavy atom. The summed E-state index contributed by atoms with van der Waals surface area (Å²) in [7, 11) is 4.36. The molecule has 4 rings (SSSR count). The summed E-state index contributed by atoms with van der Waals surface area (Å²) in [5.41, 5.74) is 4.90. The molecule has 0 atom stereocenters. The molecular formula is C30H33ClN2O2. The Bertz CT molecular complexity index is 1110. The fourth-order valence-electron chi connectivity index (χ4n) is 3.90. The molecule has 0 saturated heterocycles. The predicted molar refractivity (Wildman–Crippen MR) is 140 cm³/mol. The fourth-order valence-corrected chi connectivity index (χ4v) is 3.90. The van der Waals surface area contributed by atoms with Gasteiger partial charge in [0.05, 0.1) is 20.6 Å². The summed E-state index contributed by atoms with van der Waals surface area (Å²) >= 11 is 0. The number of halogens is 1. The summed E-state index contributed by atoms with van der Waals surface area (Å²) in [6.07, 6.45) is 5.32. The molecule has 0 N–H and O–H groups in total. The van der Waals surface area contributed by atoms with Gasteiger partial charge in [0.1, 0.15) is 6.54 Å². The smallest absolute Gasteiger partial charge is 0.253 e. The molecule has 4 nitrogen and oxygen atoms in total. The maximum Gasteiger partial charge on any atom is 0.253 e. The van der Waals surface area contributed by atoms with Crippen molar-refractivity contribution in [2.24, 2.45) is 0 Å². The van der Waals surface area contributed by atoms with Gasteiger partial charge in [-0.05, 0) is 16.7 Å². The van der Waals surface area contributed by atoms with Crippen LogP contribution in [0.15, 0.2) is 104 Å². The normalized spacial score (nSPS) is 12.6. The second-order valence-electron chi connectivity index (χ2n) is 9.01. The van der Waals surface area contributed by atoms with Crippen LogP contribution in [0.2, 0.25) is 0 Å². The van der Waals surface area contributed by atoms with Gasteiger partial charge in [0.25, 0.3) is 11.8 Å². The van der Waals surface area contributed by atoms with Gasteiger partial charge in [-0.1, -0.05) is 97.6 Å². The van der Waals surface area contributed by atoms with Gasteiger partial charge in [-0.25, -0.2) is 0 Å². The van der Waals surface area contributed by atoms with Gasteiger partial charge in [-0.15, -0.1) is 0 Å². The molecule has 0 fully saturated rings. The third-order valence-electron chi connectivity index (χ3n) is 5.75. The second-order valence-corrected chi connectivity index (χ2v) is 9.01. The SMILES string of the molecule is C=Cc1ccccc1.C[N+](C)(CCCN1C(=O)C=CC1=O)Cc1ccc(-c2ccccc2)cc1.[Cl-]. The van der Waals surface area contributed by atoms with Crippen molar-refractivity contribution < 1.29 is 26.5 Å². The molecule has 0 bridgehead atoms. The summed E-state index contributed by atoms with van der Waals surface area (Å²) in [6.45, 7) is 5.93. The van der Waals surface area contributed by atoms with E-state index >= 15 is 0 Å². The molecule has 182 valence electrons. The van der Waals surface area contributed by atoms with Crippen LogP contribution in [0, 0.1) is 0 Å². The van der Waals surface area contributed by atoms with Crippen LogP contribution < -0.4 is 12.4 Å². The lowest BCUT2D eigenvalue weighted by Crippen LogP contribution is -3.00. The minimum atomic E-state index is -0.197. The summed E-state index contributed by atoms with van der Waals surface area (Å²) in [6, 6.07) is 29.1. The van der Waals surface area contributed by atoms with E-state index in [0.717, 1.165) is 24.0 Å². The Labute approximate surface area is 215 Å². The Kier molecular flexibility index (Phi) is 10.7. The van der Waals surface area contributed by atoms with Gasteiger partial charge in [0.15, 0.2) is 0 Å². The van der Waals surface area contributed by atoms with Gasteiger partial charge in [0.2, 0.25) is 0 Å². The summed E-state index contributed by atoms with van der Waals surface area (Å²) in [4.78, 5) is 24.5. The highest BCUT2D eigenvalue weighted by atomic mass is 35.5. The minimum absolute atomic E-state index is 0. The molecule has 2 amide bonds.